The molecule has 0 N–H and O–H groups in total. The van der Waals surface area contributed by atoms with Crippen LogP contribution in [0.2, 0.25) is 10.3 Å². The summed E-state index contributed by atoms with van der Waals surface area (Å²) in [6.45, 7) is 18.3. The number of aromatic nitrogens is 2. The summed E-state index contributed by atoms with van der Waals surface area (Å²) in [5.74, 6) is 1.79. The van der Waals surface area contributed by atoms with Gasteiger partial charge in [0.15, 0.2) is 0 Å². The summed E-state index contributed by atoms with van der Waals surface area (Å²) in [6, 6.07) is 13.7. The summed E-state index contributed by atoms with van der Waals surface area (Å²) in [4.78, 5) is 0. The summed E-state index contributed by atoms with van der Waals surface area (Å²) >= 11 is 18.3. The van der Waals surface area contributed by atoms with E-state index in [1.165, 1.54) is 33.6 Å². The van der Waals surface area contributed by atoms with E-state index in [2.05, 4.69) is 120 Å². The average Bonchev–Trinajstić information content (AvgIpc) is 3.19. The zero-order valence-corrected chi connectivity index (χ0v) is 29.0. The van der Waals surface area contributed by atoms with Crippen LogP contribution in [0.4, 0.5) is 0 Å². The Bertz CT molecular complexity index is 1150. The molecule has 0 aliphatic carbocycles. The molecule has 0 bridgehead atoms. The molecule has 2 aromatic carbocycles. The van der Waals surface area contributed by atoms with Crippen molar-refractivity contribution in [3.05, 3.63) is 72.8 Å². The fourth-order valence-electron chi connectivity index (χ4n) is 6.71. The first-order valence-electron chi connectivity index (χ1n) is 15.7. The van der Waals surface area contributed by atoms with Crippen molar-refractivity contribution in [2.75, 3.05) is 0 Å². The molecule has 1 aromatic heterocycles. The Morgan fingerprint density at radius 1 is 0.500 bits per heavy atom. The Balaban J connectivity index is 2.52. The molecule has 40 heavy (non-hydrogen) atoms. The molecule has 1 heterocycles. The van der Waals surface area contributed by atoms with Crippen molar-refractivity contribution in [1.82, 2.24) is 9.13 Å². The molecule has 0 saturated carbocycles. The minimum absolute atomic E-state index is 0.448. The molecular weight excluding hydrogens is 626 g/mol. The van der Waals surface area contributed by atoms with Crippen molar-refractivity contribution in [2.45, 2.75) is 130 Å². The predicted molar refractivity (Wildman–Crippen MR) is 172 cm³/mol. The van der Waals surface area contributed by atoms with Gasteiger partial charge in [0.2, 0.25) is 0 Å². The number of imidazole rings is 1. The van der Waals surface area contributed by atoms with Gasteiger partial charge in [0.1, 0.15) is 0 Å². The Labute approximate surface area is 264 Å². The second-order valence-corrected chi connectivity index (χ2v) is 12.5. The van der Waals surface area contributed by atoms with Crippen LogP contribution in [0.1, 0.15) is 153 Å². The van der Waals surface area contributed by atoms with E-state index >= 15 is 0 Å². The summed E-state index contributed by atoms with van der Waals surface area (Å²) < 4.78 is 5.36. The fraction of sp³-hybridized carbons (Fsp3) is 0.571. The topological polar surface area (TPSA) is 9.86 Å². The number of halogens is 2. The molecule has 224 valence electrons. The third-order valence-electron chi connectivity index (χ3n) is 9.25. The van der Waals surface area contributed by atoms with Gasteiger partial charge in [-0.2, -0.15) is 0 Å². The van der Waals surface area contributed by atoms with Crippen LogP contribution in [0.25, 0.3) is 11.4 Å². The van der Waals surface area contributed by atoms with Crippen molar-refractivity contribution in [1.29, 1.82) is 0 Å². The minimum atomic E-state index is 0.448. The molecule has 5 heteroatoms. The van der Waals surface area contributed by atoms with Crippen LogP contribution < -0.4 is 0 Å². The molecule has 0 amide bonds. The van der Waals surface area contributed by atoms with Gasteiger partial charge in [-0.15, -0.1) is 0 Å². The van der Waals surface area contributed by atoms with Crippen LogP contribution in [0.3, 0.4) is 0 Å². The number of benzene rings is 2. The molecule has 0 atom stereocenters. The Morgan fingerprint density at radius 3 is 0.925 bits per heavy atom. The van der Waals surface area contributed by atoms with E-state index in [4.69, 9.17) is 23.2 Å². The first kappa shape index (κ1) is 33.4. The summed E-state index contributed by atoms with van der Waals surface area (Å²) in [5, 5.41) is 1.15. The van der Waals surface area contributed by atoms with Gasteiger partial charge in [-0.05, 0) is 0 Å². The molecule has 0 aliphatic rings. The first-order valence-corrected chi connectivity index (χ1v) is 17.2. The quantitative estimate of drug-likeness (QED) is 0.151. The van der Waals surface area contributed by atoms with Crippen LogP contribution in [0, 0.1) is 3.89 Å². The third kappa shape index (κ3) is 6.29. The van der Waals surface area contributed by atoms with Crippen molar-refractivity contribution < 1.29 is 18.7 Å². The van der Waals surface area contributed by atoms with Gasteiger partial charge in [0.05, 0.1) is 0 Å². The SMILES string of the molecule is CCC(CC)c1cccc(C(CC)CC)c1-n1c(Cl)c(Cl)n(-c2c(C(CC)CC)cccc2C(CC)CC)[c]1=[Pd]. The van der Waals surface area contributed by atoms with Gasteiger partial charge in [0, 0.05) is 0 Å². The Hall–Kier alpha value is -1.11. The van der Waals surface area contributed by atoms with E-state index in [9.17, 15) is 0 Å². The van der Waals surface area contributed by atoms with E-state index in [0.29, 0.717) is 34.0 Å². The second kappa shape index (κ2) is 15.4. The zero-order chi connectivity index (χ0) is 29.6. The molecule has 3 aromatic rings. The standard InChI is InChI=1S/C35H50Cl2N2.Pd/c1-9-24(10-2)28-19-17-20-29(25(11-3)12-4)32(28)38-23-39(35(37)34(38)36)33-30(26(13-5)14-6)21-18-22-31(33)27(15-7)16-8;/h17-22,24-27H,9-16H2,1-8H3;. The van der Waals surface area contributed by atoms with Crippen LogP contribution in [0.15, 0.2) is 36.4 Å². The maximum atomic E-state index is 7.32. The first-order chi connectivity index (χ1) is 19.3. The monoisotopic (exact) mass is 674 g/mol. The molecule has 0 saturated heterocycles. The van der Waals surface area contributed by atoms with Gasteiger partial charge in [-0.1, -0.05) is 0 Å². The van der Waals surface area contributed by atoms with Gasteiger partial charge in [-0.25, -0.2) is 0 Å². The van der Waals surface area contributed by atoms with E-state index < -0.39 is 0 Å². The van der Waals surface area contributed by atoms with Gasteiger partial charge in [-0.3, -0.25) is 0 Å². The fourth-order valence-corrected chi connectivity index (χ4v) is 8.09. The Morgan fingerprint density at radius 2 is 0.725 bits per heavy atom. The zero-order valence-electron chi connectivity index (χ0n) is 25.9. The number of nitrogens with zero attached hydrogens (tertiary/aromatic N) is 2. The molecule has 0 unspecified atom stereocenters. The molecule has 0 aliphatic heterocycles. The Kier molecular flexibility index (Phi) is 12.8. The van der Waals surface area contributed by atoms with Gasteiger partial charge in [0.25, 0.3) is 0 Å². The normalized spacial score (nSPS) is 12.1. The second-order valence-electron chi connectivity index (χ2n) is 11.1. The summed E-state index contributed by atoms with van der Waals surface area (Å²) in [5.41, 5.74) is 7.85. The van der Waals surface area contributed by atoms with Crippen molar-refractivity contribution in [3.8, 4) is 11.4 Å². The summed E-state index contributed by atoms with van der Waals surface area (Å²) in [6.07, 6.45) is 8.66. The van der Waals surface area contributed by atoms with Crippen molar-refractivity contribution in [3.63, 3.8) is 0 Å². The average molecular weight is 676 g/mol. The molecule has 0 spiro atoms. The number of hydrogen-bond acceptors (Lipinski definition) is 0. The molecule has 2 nitrogen and oxygen atoms in total. The van der Waals surface area contributed by atoms with Gasteiger partial charge < -0.3 is 0 Å². The predicted octanol–water partition coefficient (Wildman–Crippen LogP) is 12.3. The maximum absolute atomic E-state index is 7.32. The van der Waals surface area contributed by atoms with Crippen molar-refractivity contribution >= 4 is 23.2 Å². The molecule has 0 radical (unpaired) electrons. The van der Waals surface area contributed by atoms with Crippen LogP contribution >= 0.6 is 23.2 Å². The van der Waals surface area contributed by atoms with E-state index in [0.717, 1.165) is 55.3 Å². The van der Waals surface area contributed by atoms with Crippen LogP contribution in [-0.2, 0) is 18.7 Å². The van der Waals surface area contributed by atoms with E-state index in [1.54, 1.807) is 0 Å². The van der Waals surface area contributed by atoms with E-state index in [1.807, 2.05) is 0 Å². The van der Waals surface area contributed by atoms with Crippen LogP contribution in [0.5, 0.6) is 0 Å². The van der Waals surface area contributed by atoms with E-state index in [-0.39, 0.29) is 0 Å². The number of para-hydroxylation sites is 2. The molecule has 3 rings (SSSR count). The van der Waals surface area contributed by atoms with Gasteiger partial charge >= 0.3 is 266 Å². The van der Waals surface area contributed by atoms with Crippen LogP contribution in [-0.4, -0.2) is 9.13 Å². The number of hydrogen-bond donors (Lipinski definition) is 0. The molecular formula is C35H50Cl2N2Pd. The van der Waals surface area contributed by atoms with Crippen molar-refractivity contribution in [2.24, 2.45) is 0 Å². The molecule has 0 fully saturated rings. The number of rotatable bonds is 14. The third-order valence-corrected chi connectivity index (χ3v) is 10.7. The summed E-state index contributed by atoms with van der Waals surface area (Å²) in [7, 11) is 0.